The van der Waals surface area contributed by atoms with E-state index in [0.29, 0.717) is 17.3 Å². The van der Waals surface area contributed by atoms with Crippen LogP contribution in [0.1, 0.15) is 29.5 Å². The van der Waals surface area contributed by atoms with Crippen LogP contribution in [0.3, 0.4) is 0 Å². The number of aliphatic hydroxyl groups is 1. The molecule has 0 radical (unpaired) electrons. The largest absolute Gasteiger partial charge is 0.383 e. The molecule has 0 aliphatic carbocycles. The van der Waals surface area contributed by atoms with Crippen molar-refractivity contribution in [1.82, 2.24) is 10.1 Å². The minimum absolute atomic E-state index is 0.396. The predicted molar refractivity (Wildman–Crippen MR) is 114 cm³/mol. The van der Waals surface area contributed by atoms with Crippen molar-refractivity contribution in [1.29, 1.82) is 0 Å². The lowest BCUT2D eigenvalue weighted by atomic mass is 9.95. The molecule has 0 bridgehead atoms. The van der Waals surface area contributed by atoms with Crippen LogP contribution in [-0.2, 0) is 5.60 Å². The van der Waals surface area contributed by atoms with Crippen LogP contribution in [0.5, 0.6) is 0 Å². The van der Waals surface area contributed by atoms with Crippen LogP contribution in [-0.4, -0.2) is 15.2 Å². The van der Waals surface area contributed by atoms with Crippen LogP contribution in [0.2, 0.25) is 0 Å². The lowest BCUT2D eigenvalue weighted by molar-refractivity contribution is 0.112. The Hall–Kier alpha value is -3.62. The number of aryl methyl sites for hydroxylation is 2. The van der Waals surface area contributed by atoms with Gasteiger partial charge in [-0.2, -0.15) is 0 Å². The lowest BCUT2D eigenvalue weighted by Gasteiger charge is -2.12. The molecule has 2 aromatic heterocycles. The number of nitrogens with zero attached hydrogens (tertiary/aromatic N) is 2. The topological polar surface area (TPSA) is 85.2 Å². The number of fused-ring (bicyclic) bond motifs is 1. The van der Waals surface area contributed by atoms with Gasteiger partial charge in [-0.15, -0.1) is 0 Å². The summed E-state index contributed by atoms with van der Waals surface area (Å²) in [7, 11) is 0. The zero-order valence-electron chi connectivity index (χ0n) is 16.5. The van der Waals surface area contributed by atoms with E-state index in [2.05, 4.69) is 35.0 Å². The van der Waals surface area contributed by atoms with Crippen LogP contribution in [0, 0.1) is 25.7 Å². The molecule has 3 N–H and O–H groups in total. The Labute approximate surface area is 169 Å². The summed E-state index contributed by atoms with van der Waals surface area (Å²) in [5, 5.41) is 16.5. The fourth-order valence-corrected chi connectivity index (χ4v) is 3.22. The highest BCUT2D eigenvalue weighted by molar-refractivity contribution is 5.94. The first-order valence-electron chi connectivity index (χ1n) is 9.28. The number of hydrogen-bond acceptors (Lipinski definition) is 5. The average molecular weight is 383 g/mol. The zero-order valence-corrected chi connectivity index (χ0v) is 16.5. The van der Waals surface area contributed by atoms with Gasteiger partial charge in [-0.3, -0.25) is 0 Å². The molecule has 0 amide bonds. The minimum atomic E-state index is -1.40. The highest BCUT2D eigenvalue weighted by Crippen LogP contribution is 2.29. The smallest absolute Gasteiger partial charge is 0.168 e. The Morgan fingerprint density at radius 3 is 2.66 bits per heavy atom. The molecule has 0 aliphatic rings. The predicted octanol–water partition coefficient (Wildman–Crippen LogP) is 4.35. The van der Waals surface area contributed by atoms with Crippen molar-refractivity contribution in [2.45, 2.75) is 26.4 Å². The summed E-state index contributed by atoms with van der Waals surface area (Å²) in [6, 6.07) is 15.7. The van der Waals surface area contributed by atoms with Gasteiger partial charge in [0.2, 0.25) is 0 Å². The van der Waals surface area contributed by atoms with Crippen LogP contribution in [0.15, 0.2) is 59.3 Å². The summed E-state index contributed by atoms with van der Waals surface area (Å²) < 4.78 is 5.05. The van der Waals surface area contributed by atoms with Crippen molar-refractivity contribution in [2.75, 3.05) is 5.73 Å². The highest BCUT2D eigenvalue weighted by Gasteiger charge is 2.24. The van der Waals surface area contributed by atoms with Gasteiger partial charge in [-0.05, 0) is 67.1 Å². The lowest BCUT2D eigenvalue weighted by Crippen LogP contribution is -2.18. The van der Waals surface area contributed by atoms with Gasteiger partial charge in [0.15, 0.2) is 5.60 Å². The second kappa shape index (κ2) is 7.08. The Balaban J connectivity index is 1.73. The molecule has 0 aliphatic heterocycles. The zero-order chi connectivity index (χ0) is 20.6. The van der Waals surface area contributed by atoms with Crippen molar-refractivity contribution in [3.8, 4) is 23.0 Å². The van der Waals surface area contributed by atoms with E-state index in [0.717, 1.165) is 33.0 Å². The maximum atomic E-state index is 10.6. The molecule has 2 heterocycles. The fourth-order valence-electron chi connectivity index (χ4n) is 3.22. The maximum absolute atomic E-state index is 10.6. The molecule has 144 valence electrons. The van der Waals surface area contributed by atoms with Gasteiger partial charge in [0, 0.05) is 23.2 Å². The van der Waals surface area contributed by atoms with Gasteiger partial charge >= 0.3 is 0 Å². The van der Waals surface area contributed by atoms with Gasteiger partial charge in [-0.25, -0.2) is 4.98 Å². The number of hydrogen-bond donors (Lipinski definition) is 2. The molecular weight excluding hydrogens is 362 g/mol. The number of nitrogens with two attached hydrogens (primary N) is 1. The molecule has 0 saturated heterocycles. The summed E-state index contributed by atoms with van der Waals surface area (Å²) in [6.07, 6.45) is 1.71. The van der Waals surface area contributed by atoms with Crippen molar-refractivity contribution < 1.29 is 9.63 Å². The Kier molecular flexibility index (Phi) is 4.57. The third-order valence-corrected chi connectivity index (χ3v) is 4.92. The Bertz CT molecular complexity index is 1280. The van der Waals surface area contributed by atoms with Crippen molar-refractivity contribution in [2.24, 2.45) is 0 Å². The van der Waals surface area contributed by atoms with Gasteiger partial charge in [0.1, 0.15) is 17.3 Å². The van der Waals surface area contributed by atoms with Gasteiger partial charge in [0.05, 0.1) is 0 Å². The number of aromatic nitrogens is 2. The molecule has 0 fully saturated rings. The number of benzene rings is 2. The maximum Gasteiger partial charge on any atom is 0.168 e. The summed E-state index contributed by atoms with van der Waals surface area (Å²) in [4.78, 5) is 4.18. The van der Waals surface area contributed by atoms with Gasteiger partial charge in [-0.1, -0.05) is 35.2 Å². The molecule has 29 heavy (non-hydrogen) atoms. The molecule has 5 nitrogen and oxygen atoms in total. The normalized spacial score (nSPS) is 13.0. The molecular formula is C24H21N3O2. The van der Waals surface area contributed by atoms with E-state index in [4.69, 9.17) is 10.3 Å². The van der Waals surface area contributed by atoms with Crippen LogP contribution in [0.4, 0.5) is 5.82 Å². The summed E-state index contributed by atoms with van der Waals surface area (Å²) in [5.41, 5.74) is 9.06. The van der Waals surface area contributed by atoms with E-state index in [1.807, 2.05) is 36.4 Å². The van der Waals surface area contributed by atoms with Gasteiger partial charge in [0.25, 0.3) is 0 Å². The van der Waals surface area contributed by atoms with Gasteiger partial charge < -0.3 is 15.4 Å². The second-order valence-electron chi connectivity index (χ2n) is 7.31. The second-order valence-corrected chi connectivity index (χ2v) is 7.31. The molecule has 1 atom stereocenters. The number of nitrogen functional groups attached to an aromatic ring is 1. The first kappa shape index (κ1) is 18.7. The quantitative estimate of drug-likeness (QED) is 0.503. The number of rotatable bonds is 2. The summed E-state index contributed by atoms with van der Waals surface area (Å²) >= 11 is 0. The average Bonchev–Trinajstić information content (AvgIpc) is 3.15. The Morgan fingerprint density at radius 2 is 1.90 bits per heavy atom. The first-order chi connectivity index (χ1) is 13.8. The van der Waals surface area contributed by atoms with Crippen LogP contribution >= 0.6 is 0 Å². The molecule has 0 saturated carbocycles. The van der Waals surface area contributed by atoms with E-state index < -0.39 is 5.60 Å². The summed E-state index contributed by atoms with van der Waals surface area (Å²) in [5.74, 6) is 7.10. The van der Waals surface area contributed by atoms with Crippen molar-refractivity contribution >= 4 is 16.6 Å². The van der Waals surface area contributed by atoms with E-state index in [1.165, 1.54) is 0 Å². The molecule has 4 rings (SSSR count). The molecule has 2 aromatic carbocycles. The van der Waals surface area contributed by atoms with E-state index in [1.54, 1.807) is 26.1 Å². The standard InChI is InChI=1S/C24H21N3O2/c1-15-4-5-17(8-10-24(3,28)22-12-16(2)29-27-22)13-20(15)19-7-6-18-9-11-26-23(25)21(18)14-19/h4-7,9,11-14,28H,1-3H3,(H2,25,26). The Morgan fingerprint density at radius 1 is 1.07 bits per heavy atom. The SMILES string of the molecule is Cc1cc(C(C)(O)C#Cc2ccc(C)c(-c3ccc4ccnc(N)c4c3)c2)no1. The fraction of sp³-hybridized carbons (Fsp3) is 0.167. The van der Waals surface area contributed by atoms with Crippen LogP contribution < -0.4 is 5.73 Å². The third-order valence-electron chi connectivity index (χ3n) is 4.92. The number of anilines is 1. The first-order valence-corrected chi connectivity index (χ1v) is 9.28. The van der Waals surface area contributed by atoms with Crippen LogP contribution in [0.25, 0.3) is 21.9 Å². The van der Waals surface area contributed by atoms with E-state index >= 15 is 0 Å². The van der Waals surface area contributed by atoms with E-state index in [-0.39, 0.29) is 0 Å². The van der Waals surface area contributed by atoms with Crippen molar-refractivity contribution in [3.05, 3.63) is 77.3 Å². The molecule has 0 spiro atoms. The molecule has 1 unspecified atom stereocenters. The van der Waals surface area contributed by atoms with Crippen molar-refractivity contribution in [3.63, 3.8) is 0 Å². The van der Waals surface area contributed by atoms with E-state index in [9.17, 15) is 5.11 Å². The summed E-state index contributed by atoms with van der Waals surface area (Å²) in [6.45, 7) is 5.43. The minimum Gasteiger partial charge on any atom is -0.383 e. The molecule has 4 aromatic rings. The molecule has 5 heteroatoms. The number of pyridine rings is 1. The highest BCUT2D eigenvalue weighted by atomic mass is 16.5. The monoisotopic (exact) mass is 383 g/mol. The third kappa shape index (κ3) is 3.71.